The molecular formula is C24H26Cl3NO3. The summed E-state index contributed by atoms with van der Waals surface area (Å²) >= 11 is 12.7. The maximum atomic E-state index is 6.53. The fourth-order valence-electron chi connectivity index (χ4n) is 2.99. The summed E-state index contributed by atoms with van der Waals surface area (Å²) in [6, 6.07) is 19.4. The number of hydrogen-bond donors (Lipinski definition) is 1. The Morgan fingerprint density at radius 1 is 0.839 bits per heavy atom. The largest absolute Gasteiger partial charge is 0.497 e. The molecule has 7 heteroatoms. The quantitative estimate of drug-likeness (QED) is 0.349. The Bertz CT molecular complexity index is 965. The summed E-state index contributed by atoms with van der Waals surface area (Å²) in [5, 5.41) is 4.59. The second-order valence-electron chi connectivity index (χ2n) is 6.67. The van der Waals surface area contributed by atoms with Crippen LogP contribution in [0.25, 0.3) is 0 Å². The Hall–Kier alpha value is -2.11. The summed E-state index contributed by atoms with van der Waals surface area (Å²) in [7, 11) is 1.66. The van der Waals surface area contributed by atoms with Crippen LogP contribution in [0, 0.1) is 0 Å². The number of ether oxygens (including phenoxy) is 3. The van der Waals surface area contributed by atoms with Crippen LogP contribution in [0.2, 0.25) is 10.0 Å². The first kappa shape index (κ1) is 25.2. The first-order chi connectivity index (χ1) is 14.6. The van der Waals surface area contributed by atoms with E-state index in [-0.39, 0.29) is 12.4 Å². The van der Waals surface area contributed by atoms with Crippen LogP contribution in [-0.4, -0.2) is 13.7 Å². The average molecular weight is 483 g/mol. The third-order valence-corrected chi connectivity index (χ3v) is 5.17. The van der Waals surface area contributed by atoms with Crippen LogP contribution in [0.15, 0.2) is 60.7 Å². The van der Waals surface area contributed by atoms with Crippen LogP contribution < -0.4 is 19.5 Å². The molecule has 0 aliphatic carbocycles. The number of nitrogens with one attached hydrogen (secondary N) is 1. The van der Waals surface area contributed by atoms with Crippen molar-refractivity contribution in [3.05, 3.63) is 87.4 Å². The Morgan fingerprint density at radius 3 is 2.23 bits per heavy atom. The van der Waals surface area contributed by atoms with Crippen LogP contribution in [-0.2, 0) is 19.7 Å². The van der Waals surface area contributed by atoms with Gasteiger partial charge >= 0.3 is 0 Å². The van der Waals surface area contributed by atoms with E-state index in [1.165, 1.54) is 5.56 Å². The summed E-state index contributed by atoms with van der Waals surface area (Å²) in [6.07, 6.45) is 0. The lowest BCUT2D eigenvalue weighted by Crippen LogP contribution is -2.13. The molecule has 0 saturated heterocycles. The third-order valence-electron chi connectivity index (χ3n) is 4.52. The smallest absolute Gasteiger partial charge is 0.180 e. The monoisotopic (exact) mass is 481 g/mol. The predicted octanol–water partition coefficient (Wildman–Crippen LogP) is 6.69. The lowest BCUT2D eigenvalue weighted by molar-refractivity contribution is 0.269. The van der Waals surface area contributed by atoms with Gasteiger partial charge in [0.2, 0.25) is 0 Å². The molecule has 0 saturated carbocycles. The lowest BCUT2D eigenvalue weighted by Gasteiger charge is -2.16. The second-order valence-corrected chi connectivity index (χ2v) is 7.48. The van der Waals surface area contributed by atoms with Gasteiger partial charge in [-0.05, 0) is 48.4 Å². The second kappa shape index (κ2) is 12.7. The molecule has 0 unspecified atom stereocenters. The molecule has 4 nitrogen and oxygen atoms in total. The van der Waals surface area contributed by atoms with E-state index < -0.39 is 0 Å². The molecule has 3 rings (SSSR count). The van der Waals surface area contributed by atoms with Gasteiger partial charge in [-0.2, -0.15) is 0 Å². The molecule has 0 heterocycles. The van der Waals surface area contributed by atoms with E-state index in [9.17, 15) is 0 Å². The van der Waals surface area contributed by atoms with Crippen LogP contribution >= 0.6 is 35.6 Å². The van der Waals surface area contributed by atoms with Gasteiger partial charge in [0.05, 0.1) is 18.7 Å². The number of rotatable bonds is 10. The van der Waals surface area contributed by atoms with Gasteiger partial charge in [-0.1, -0.05) is 53.5 Å². The number of methoxy groups -OCH3 is 1. The number of benzene rings is 3. The van der Waals surface area contributed by atoms with Crippen molar-refractivity contribution in [2.75, 3.05) is 13.7 Å². The highest BCUT2D eigenvalue weighted by molar-refractivity contribution is 6.32. The van der Waals surface area contributed by atoms with Crippen LogP contribution in [0.5, 0.6) is 17.2 Å². The van der Waals surface area contributed by atoms with Crippen LogP contribution in [0.3, 0.4) is 0 Å². The molecule has 0 aliphatic heterocycles. The summed E-state index contributed by atoms with van der Waals surface area (Å²) in [5.74, 6) is 2.00. The normalized spacial score (nSPS) is 10.3. The third kappa shape index (κ3) is 7.22. The van der Waals surface area contributed by atoms with E-state index >= 15 is 0 Å². The van der Waals surface area contributed by atoms with E-state index in [0.717, 1.165) is 23.4 Å². The van der Waals surface area contributed by atoms with Crippen molar-refractivity contribution in [1.82, 2.24) is 5.32 Å². The fourth-order valence-corrected chi connectivity index (χ4v) is 3.46. The number of halogens is 3. The van der Waals surface area contributed by atoms with Crippen molar-refractivity contribution >= 4 is 35.6 Å². The summed E-state index contributed by atoms with van der Waals surface area (Å²) in [4.78, 5) is 0. The van der Waals surface area contributed by atoms with Crippen molar-refractivity contribution in [2.45, 2.75) is 26.6 Å². The Morgan fingerprint density at radius 2 is 1.55 bits per heavy atom. The van der Waals surface area contributed by atoms with Crippen molar-refractivity contribution in [3.8, 4) is 17.2 Å². The zero-order valence-electron chi connectivity index (χ0n) is 17.5. The van der Waals surface area contributed by atoms with Crippen molar-refractivity contribution in [2.24, 2.45) is 0 Å². The summed E-state index contributed by atoms with van der Waals surface area (Å²) in [5.41, 5.74) is 3.08. The molecule has 31 heavy (non-hydrogen) atoms. The predicted molar refractivity (Wildman–Crippen MR) is 129 cm³/mol. The maximum Gasteiger partial charge on any atom is 0.180 e. The first-order valence-electron chi connectivity index (χ1n) is 9.75. The molecule has 3 aromatic carbocycles. The molecule has 0 atom stereocenters. The summed E-state index contributed by atoms with van der Waals surface area (Å²) < 4.78 is 16.9. The zero-order chi connectivity index (χ0) is 21.3. The van der Waals surface area contributed by atoms with Gasteiger partial charge in [0.15, 0.2) is 11.5 Å². The molecule has 0 aliphatic rings. The minimum atomic E-state index is 0. The molecule has 0 fully saturated rings. The highest BCUT2D eigenvalue weighted by Gasteiger charge is 2.14. The van der Waals surface area contributed by atoms with Gasteiger partial charge in [0, 0.05) is 23.7 Å². The van der Waals surface area contributed by atoms with Gasteiger partial charge in [0.1, 0.15) is 12.4 Å². The van der Waals surface area contributed by atoms with Crippen molar-refractivity contribution in [1.29, 1.82) is 0 Å². The highest BCUT2D eigenvalue weighted by atomic mass is 35.5. The van der Waals surface area contributed by atoms with E-state index in [4.69, 9.17) is 37.4 Å². The van der Waals surface area contributed by atoms with E-state index in [0.29, 0.717) is 41.3 Å². The van der Waals surface area contributed by atoms with Gasteiger partial charge < -0.3 is 19.5 Å². The highest BCUT2D eigenvalue weighted by Crippen LogP contribution is 2.37. The molecule has 0 bridgehead atoms. The maximum absolute atomic E-state index is 6.53. The Kier molecular flexibility index (Phi) is 10.3. The topological polar surface area (TPSA) is 39.7 Å². The van der Waals surface area contributed by atoms with Crippen LogP contribution in [0.4, 0.5) is 0 Å². The SMILES string of the molecule is CCOc1cc(CNCc2ccc(OC)cc2)cc(Cl)c1OCc1ccccc1Cl.Cl. The van der Waals surface area contributed by atoms with Gasteiger partial charge in [-0.15, -0.1) is 12.4 Å². The molecule has 0 spiro atoms. The Balaban J connectivity index is 0.00000341. The summed E-state index contributed by atoms with van der Waals surface area (Å²) in [6.45, 7) is 4.14. The van der Waals surface area contributed by atoms with Gasteiger partial charge in [-0.25, -0.2) is 0 Å². The zero-order valence-corrected chi connectivity index (χ0v) is 19.8. The van der Waals surface area contributed by atoms with E-state index in [1.807, 2.05) is 67.6 Å². The lowest BCUT2D eigenvalue weighted by atomic mass is 10.1. The van der Waals surface area contributed by atoms with Crippen molar-refractivity contribution < 1.29 is 14.2 Å². The van der Waals surface area contributed by atoms with E-state index in [1.54, 1.807) is 7.11 Å². The standard InChI is InChI=1S/C24H25Cl2NO3.ClH/c1-3-29-23-13-18(15-27-14-17-8-10-20(28-2)11-9-17)12-22(26)24(23)30-16-19-6-4-5-7-21(19)25;/h4-13,27H,3,14-16H2,1-2H3;1H. The van der Waals surface area contributed by atoms with Gasteiger partial charge in [0.25, 0.3) is 0 Å². The molecule has 3 aromatic rings. The molecule has 0 amide bonds. The van der Waals surface area contributed by atoms with Crippen molar-refractivity contribution in [3.63, 3.8) is 0 Å². The Labute approximate surface area is 199 Å². The average Bonchev–Trinajstić information content (AvgIpc) is 2.75. The minimum Gasteiger partial charge on any atom is -0.497 e. The van der Waals surface area contributed by atoms with Crippen LogP contribution in [0.1, 0.15) is 23.6 Å². The molecule has 0 radical (unpaired) electrons. The fraction of sp³-hybridized carbons (Fsp3) is 0.250. The van der Waals surface area contributed by atoms with Gasteiger partial charge in [-0.3, -0.25) is 0 Å². The van der Waals surface area contributed by atoms with E-state index in [2.05, 4.69) is 5.32 Å². The minimum absolute atomic E-state index is 0. The number of hydrogen-bond acceptors (Lipinski definition) is 4. The molecule has 166 valence electrons. The first-order valence-corrected chi connectivity index (χ1v) is 10.5. The molecule has 1 N–H and O–H groups in total. The molecule has 0 aromatic heterocycles. The molecular weight excluding hydrogens is 457 g/mol.